The molecule has 166 valence electrons. The lowest BCUT2D eigenvalue weighted by atomic mass is 10.2. The van der Waals surface area contributed by atoms with Crippen LogP contribution in [0.4, 0.5) is 5.69 Å². The molecule has 0 radical (unpaired) electrons. The summed E-state index contributed by atoms with van der Waals surface area (Å²) in [6, 6.07) is 13.2. The molecule has 1 amide bonds. The molecule has 0 unspecified atom stereocenters. The van der Waals surface area contributed by atoms with Crippen LogP contribution in [0.25, 0.3) is 6.08 Å². The smallest absolute Gasteiger partial charge is 0.347 e. The van der Waals surface area contributed by atoms with Crippen LogP contribution in [0.1, 0.15) is 29.8 Å². The van der Waals surface area contributed by atoms with E-state index in [9.17, 15) is 14.4 Å². The van der Waals surface area contributed by atoms with Gasteiger partial charge in [0.1, 0.15) is 5.75 Å². The van der Waals surface area contributed by atoms with Crippen LogP contribution in [-0.2, 0) is 14.3 Å². The summed E-state index contributed by atoms with van der Waals surface area (Å²) in [5, 5.41) is 9.58. The fourth-order valence-electron chi connectivity index (χ4n) is 2.78. The van der Waals surface area contributed by atoms with E-state index < -0.39 is 18.0 Å². The zero-order chi connectivity index (χ0) is 23.3. The number of hydrogen-bond donors (Lipinski definition) is 1. The number of ether oxygens (including phenoxy) is 2. The van der Waals surface area contributed by atoms with Crippen molar-refractivity contribution in [2.24, 2.45) is 4.99 Å². The Labute approximate surface area is 189 Å². The van der Waals surface area contributed by atoms with E-state index in [0.717, 1.165) is 5.56 Å². The summed E-state index contributed by atoms with van der Waals surface area (Å²) in [6.07, 6.45) is 1.01. The number of amidine groups is 1. The molecular formula is C23H22N2O6S. The largest absolute Gasteiger partial charge is 0.479 e. The Morgan fingerprint density at radius 3 is 2.59 bits per heavy atom. The predicted molar refractivity (Wildman–Crippen MR) is 122 cm³/mol. The van der Waals surface area contributed by atoms with Crippen molar-refractivity contribution in [1.82, 2.24) is 4.90 Å². The third kappa shape index (κ3) is 5.55. The molecule has 0 saturated carbocycles. The number of amides is 1. The lowest BCUT2D eigenvalue weighted by Crippen LogP contribution is -2.26. The quantitative estimate of drug-likeness (QED) is 0.499. The molecule has 1 heterocycles. The number of carbonyl (C=O) groups is 3. The summed E-state index contributed by atoms with van der Waals surface area (Å²) in [5.74, 6) is -1.18. The molecule has 1 saturated heterocycles. The van der Waals surface area contributed by atoms with Crippen molar-refractivity contribution in [2.45, 2.75) is 20.0 Å². The van der Waals surface area contributed by atoms with Gasteiger partial charge in [0.2, 0.25) is 0 Å². The minimum Gasteiger partial charge on any atom is -0.479 e. The van der Waals surface area contributed by atoms with Gasteiger partial charge in [-0.25, -0.2) is 14.6 Å². The lowest BCUT2D eigenvalue weighted by molar-refractivity contribution is -0.150. The molecule has 1 aliphatic heterocycles. The number of carboxylic acid groups (broad SMARTS) is 1. The molecule has 0 aromatic heterocycles. The van der Waals surface area contributed by atoms with Crippen molar-refractivity contribution >= 4 is 46.5 Å². The van der Waals surface area contributed by atoms with E-state index in [1.807, 2.05) is 0 Å². The van der Waals surface area contributed by atoms with Crippen molar-refractivity contribution in [2.75, 3.05) is 13.7 Å². The number of esters is 1. The Balaban J connectivity index is 1.74. The van der Waals surface area contributed by atoms with Gasteiger partial charge in [-0.15, -0.1) is 0 Å². The molecule has 1 aliphatic rings. The SMILES string of the molecule is CCOC(=O)[C@H](C)Oc1ccc(/C=C2/SC(=Nc3cccc(C(=O)O)c3)N(C)C2=O)cc1. The summed E-state index contributed by atoms with van der Waals surface area (Å²) < 4.78 is 10.5. The van der Waals surface area contributed by atoms with E-state index in [-0.39, 0.29) is 18.1 Å². The Morgan fingerprint density at radius 1 is 1.22 bits per heavy atom. The van der Waals surface area contributed by atoms with Crippen molar-refractivity contribution in [3.8, 4) is 5.75 Å². The topological polar surface area (TPSA) is 106 Å². The Hall–Kier alpha value is -3.59. The van der Waals surface area contributed by atoms with E-state index in [1.54, 1.807) is 63.4 Å². The third-order valence-corrected chi connectivity index (χ3v) is 5.49. The molecule has 0 aliphatic carbocycles. The molecule has 8 nitrogen and oxygen atoms in total. The van der Waals surface area contributed by atoms with Crippen LogP contribution in [0.3, 0.4) is 0 Å². The van der Waals surface area contributed by atoms with Crippen LogP contribution >= 0.6 is 11.8 Å². The summed E-state index contributed by atoms with van der Waals surface area (Å²) in [7, 11) is 1.61. The molecule has 0 bridgehead atoms. The fraction of sp³-hybridized carbons (Fsp3) is 0.217. The Morgan fingerprint density at radius 2 is 1.94 bits per heavy atom. The summed E-state index contributed by atoms with van der Waals surface area (Å²) in [6.45, 7) is 3.63. The first-order chi connectivity index (χ1) is 15.3. The second-order valence-electron chi connectivity index (χ2n) is 6.81. The maximum absolute atomic E-state index is 12.6. The van der Waals surface area contributed by atoms with Gasteiger partial charge in [-0.2, -0.15) is 0 Å². The average Bonchev–Trinajstić information content (AvgIpc) is 3.03. The molecule has 32 heavy (non-hydrogen) atoms. The van der Waals surface area contributed by atoms with Gasteiger partial charge in [-0.3, -0.25) is 9.69 Å². The van der Waals surface area contributed by atoms with E-state index in [0.29, 0.717) is 21.5 Å². The highest BCUT2D eigenvalue weighted by Crippen LogP contribution is 2.33. The zero-order valence-electron chi connectivity index (χ0n) is 17.8. The van der Waals surface area contributed by atoms with Crippen molar-refractivity contribution < 1.29 is 29.0 Å². The van der Waals surface area contributed by atoms with Gasteiger partial charge in [0.05, 0.1) is 22.8 Å². The van der Waals surface area contributed by atoms with Crippen LogP contribution in [0.2, 0.25) is 0 Å². The lowest BCUT2D eigenvalue weighted by Gasteiger charge is -2.13. The van der Waals surface area contributed by atoms with Crippen LogP contribution in [0, 0.1) is 0 Å². The molecule has 2 aromatic carbocycles. The van der Waals surface area contributed by atoms with Crippen molar-refractivity contribution in [1.29, 1.82) is 0 Å². The number of likely N-dealkylation sites (N-methyl/N-ethyl adjacent to an activating group) is 1. The summed E-state index contributed by atoms with van der Waals surface area (Å²) >= 11 is 1.20. The van der Waals surface area contributed by atoms with Gasteiger partial charge in [0.25, 0.3) is 5.91 Å². The number of aliphatic imine (C=N–C) groups is 1. The summed E-state index contributed by atoms with van der Waals surface area (Å²) in [4.78, 5) is 41.8. The van der Waals surface area contributed by atoms with Crippen LogP contribution in [0.15, 0.2) is 58.4 Å². The molecule has 1 N–H and O–H groups in total. The molecule has 3 rings (SSSR count). The van der Waals surface area contributed by atoms with Gasteiger partial charge in [0, 0.05) is 7.05 Å². The van der Waals surface area contributed by atoms with Gasteiger partial charge < -0.3 is 14.6 Å². The van der Waals surface area contributed by atoms with Gasteiger partial charge in [0.15, 0.2) is 11.3 Å². The highest BCUT2D eigenvalue weighted by Gasteiger charge is 2.30. The number of carbonyl (C=O) groups excluding carboxylic acids is 2. The number of carboxylic acids is 1. The highest BCUT2D eigenvalue weighted by molar-refractivity contribution is 8.18. The maximum Gasteiger partial charge on any atom is 0.347 e. The molecule has 1 atom stereocenters. The molecule has 1 fully saturated rings. The molecule has 2 aromatic rings. The van der Waals surface area contributed by atoms with Crippen LogP contribution < -0.4 is 4.74 Å². The maximum atomic E-state index is 12.6. The standard InChI is InChI=1S/C23H22N2O6S/c1-4-30-22(29)14(2)31-18-10-8-15(9-11-18)12-19-20(26)25(3)23(32-19)24-17-7-5-6-16(13-17)21(27)28/h5-14H,4H2,1-3H3,(H,27,28)/b19-12+,24-23?/t14-/m0/s1. The molecule has 9 heteroatoms. The second kappa shape index (κ2) is 10.1. The van der Waals surface area contributed by atoms with Crippen LogP contribution in [0.5, 0.6) is 5.75 Å². The first kappa shape index (κ1) is 23.1. The van der Waals surface area contributed by atoms with E-state index in [4.69, 9.17) is 14.6 Å². The van der Waals surface area contributed by atoms with E-state index >= 15 is 0 Å². The van der Waals surface area contributed by atoms with E-state index in [1.165, 1.54) is 28.8 Å². The fourth-order valence-corrected chi connectivity index (χ4v) is 3.76. The zero-order valence-corrected chi connectivity index (χ0v) is 18.6. The van der Waals surface area contributed by atoms with Gasteiger partial charge >= 0.3 is 11.9 Å². The third-order valence-electron chi connectivity index (χ3n) is 4.43. The monoisotopic (exact) mass is 454 g/mol. The number of nitrogens with zero attached hydrogens (tertiary/aromatic N) is 2. The van der Waals surface area contributed by atoms with Gasteiger partial charge in [-0.05, 0) is 67.6 Å². The van der Waals surface area contributed by atoms with Crippen molar-refractivity contribution in [3.63, 3.8) is 0 Å². The number of aromatic carboxylic acids is 1. The Kier molecular flexibility index (Phi) is 7.32. The summed E-state index contributed by atoms with van der Waals surface area (Å²) in [5.41, 5.74) is 1.35. The van der Waals surface area contributed by atoms with Crippen LogP contribution in [-0.4, -0.2) is 52.8 Å². The second-order valence-corrected chi connectivity index (χ2v) is 7.81. The first-order valence-electron chi connectivity index (χ1n) is 9.81. The number of rotatable bonds is 7. The molecular weight excluding hydrogens is 432 g/mol. The number of benzene rings is 2. The highest BCUT2D eigenvalue weighted by atomic mass is 32.2. The molecule has 0 spiro atoms. The Bertz CT molecular complexity index is 1090. The minimum atomic E-state index is -1.04. The van der Waals surface area contributed by atoms with Crippen molar-refractivity contribution in [3.05, 3.63) is 64.6 Å². The van der Waals surface area contributed by atoms with E-state index in [2.05, 4.69) is 4.99 Å². The number of hydrogen-bond acceptors (Lipinski definition) is 7. The normalized spacial score (nSPS) is 17.0. The first-order valence-corrected chi connectivity index (χ1v) is 10.6. The number of thioether (sulfide) groups is 1. The van der Waals surface area contributed by atoms with Gasteiger partial charge in [-0.1, -0.05) is 18.2 Å². The predicted octanol–water partition coefficient (Wildman–Crippen LogP) is 3.95. The minimum absolute atomic E-state index is 0.124. The average molecular weight is 455 g/mol.